The van der Waals surface area contributed by atoms with Crippen LogP contribution >= 0.6 is 11.8 Å². The number of benzene rings is 2. The maximum Gasteiger partial charge on any atom is 0.173 e. The quantitative estimate of drug-likeness (QED) is 0.615. The zero-order chi connectivity index (χ0) is 12.8. The maximum atomic E-state index is 11.7. The number of thiocyanates is 1. The van der Waals surface area contributed by atoms with Crippen LogP contribution in [0.3, 0.4) is 0 Å². The van der Waals surface area contributed by atoms with Crippen molar-refractivity contribution in [2.75, 3.05) is 5.75 Å². The second kappa shape index (κ2) is 6.04. The lowest BCUT2D eigenvalue weighted by molar-refractivity contribution is 0.102. The van der Waals surface area contributed by atoms with Crippen molar-refractivity contribution >= 4 is 17.5 Å². The van der Waals surface area contributed by atoms with E-state index >= 15 is 0 Å². The van der Waals surface area contributed by atoms with Gasteiger partial charge in [0.05, 0.1) is 5.75 Å². The van der Waals surface area contributed by atoms with Gasteiger partial charge in [-0.1, -0.05) is 54.6 Å². The number of hydrogen-bond acceptors (Lipinski definition) is 3. The zero-order valence-corrected chi connectivity index (χ0v) is 10.5. The van der Waals surface area contributed by atoms with Gasteiger partial charge in [-0.05, 0) is 22.9 Å². The lowest BCUT2D eigenvalue weighted by Gasteiger charge is -2.03. The Kier molecular flexibility index (Phi) is 4.16. The number of carbonyl (C=O) groups is 1. The third-order valence-electron chi connectivity index (χ3n) is 2.58. The highest BCUT2D eigenvalue weighted by molar-refractivity contribution is 8.04. The topological polar surface area (TPSA) is 40.9 Å². The number of thioether (sulfide) groups is 1. The Hall–Kier alpha value is -2.05. The minimum absolute atomic E-state index is 0.0128. The predicted octanol–water partition coefficient (Wildman–Crippen LogP) is 3.75. The van der Waals surface area contributed by atoms with E-state index in [0.29, 0.717) is 5.56 Å². The first kappa shape index (κ1) is 12.4. The Labute approximate surface area is 110 Å². The molecule has 0 saturated carbocycles. The standard InChI is InChI=1S/C15H11NOS/c16-11-18-10-15(17)14-8-6-13(7-9-14)12-4-2-1-3-5-12/h1-9H,10H2. The van der Waals surface area contributed by atoms with E-state index in [1.54, 1.807) is 0 Å². The molecule has 2 nitrogen and oxygen atoms in total. The van der Waals surface area contributed by atoms with Crippen molar-refractivity contribution in [1.82, 2.24) is 0 Å². The molecule has 88 valence electrons. The molecule has 3 heteroatoms. The molecule has 18 heavy (non-hydrogen) atoms. The van der Waals surface area contributed by atoms with Crippen LogP contribution in [0.5, 0.6) is 0 Å². The molecule has 0 heterocycles. The molecule has 0 fully saturated rings. The average Bonchev–Trinajstić information content (AvgIpc) is 2.46. The van der Waals surface area contributed by atoms with Gasteiger partial charge in [0, 0.05) is 5.56 Å². The Morgan fingerprint density at radius 1 is 1.00 bits per heavy atom. The first-order chi connectivity index (χ1) is 8.81. The molecule has 0 spiro atoms. The highest BCUT2D eigenvalue weighted by atomic mass is 32.2. The van der Waals surface area contributed by atoms with Crippen LogP contribution in [0.15, 0.2) is 54.6 Å². The zero-order valence-electron chi connectivity index (χ0n) is 9.67. The Morgan fingerprint density at radius 2 is 1.61 bits per heavy atom. The van der Waals surface area contributed by atoms with Crippen molar-refractivity contribution in [1.29, 1.82) is 5.26 Å². The summed E-state index contributed by atoms with van der Waals surface area (Å²) in [5.41, 5.74) is 2.86. The van der Waals surface area contributed by atoms with E-state index in [1.165, 1.54) is 0 Å². The predicted molar refractivity (Wildman–Crippen MR) is 74.3 cm³/mol. The summed E-state index contributed by atoms with van der Waals surface area (Å²) in [4.78, 5) is 11.7. The van der Waals surface area contributed by atoms with Gasteiger partial charge in [0.25, 0.3) is 0 Å². The van der Waals surface area contributed by atoms with Crippen molar-refractivity contribution in [3.8, 4) is 16.5 Å². The summed E-state index contributed by atoms with van der Waals surface area (Å²) in [6, 6.07) is 17.5. The first-order valence-electron chi connectivity index (χ1n) is 5.51. The van der Waals surface area contributed by atoms with Crippen LogP contribution in [0.4, 0.5) is 0 Å². The summed E-state index contributed by atoms with van der Waals surface area (Å²) in [6.07, 6.45) is 0. The largest absolute Gasteiger partial charge is 0.293 e. The molecule has 0 aromatic heterocycles. The van der Waals surface area contributed by atoms with Crippen LogP contribution in [0.25, 0.3) is 11.1 Å². The molecule has 0 aliphatic rings. The molecule has 0 N–H and O–H groups in total. The van der Waals surface area contributed by atoms with Gasteiger partial charge in [0.2, 0.25) is 0 Å². The molecule has 2 rings (SSSR count). The van der Waals surface area contributed by atoms with Crippen molar-refractivity contribution in [3.05, 3.63) is 60.2 Å². The average molecular weight is 253 g/mol. The van der Waals surface area contributed by atoms with E-state index in [9.17, 15) is 4.79 Å². The van der Waals surface area contributed by atoms with Crippen molar-refractivity contribution in [3.63, 3.8) is 0 Å². The lowest BCUT2D eigenvalue weighted by atomic mass is 10.0. The molecule has 0 aliphatic carbocycles. The summed E-state index contributed by atoms with van der Waals surface area (Å²) in [5, 5.41) is 10.3. The summed E-state index contributed by atoms with van der Waals surface area (Å²) < 4.78 is 0. The number of carbonyl (C=O) groups excluding carboxylic acids is 1. The van der Waals surface area contributed by atoms with E-state index in [1.807, 2.05) is 60.0 Å². The summed E-state index contributed by atoms with van der Waals surface area (Å²) in [6.45, 7) is 0. The summed E-state index contributed by atoms with van der Waals surface area (Å²) >= 11 is 0.968. The van der Waals surface area contributed by atoms with Crippen molar-refractivity contribution < 1.29 is 4.79 Å². The minimum Gasteiger partial charge on any atom is -0.293 e. The molecule has 0 atom stereocenters. The number of rotatable bonds is 4. The van der Waals surface area contributed by atoms with Gasteiger partial charge < -0.3 is 0 Å². The van der Waals surface area contributed by atoms with E-state index in [4.69, 9.17) is 5.26 Å². The molecule has 0 aliphatic heterocycles. The third-order valence-corrected chi connectivity index (χ3v) is 3.12. The van der Waals surface area contributed by atoms with E-state index in [-0.39, 0.29) is 11.5 Å². The second-order valence-corrected chi connectivity index (χ2v) is 4.51. The van der Waals surface area contributed by atoms with Crippen LogP contribution in [0, 0.1) is 10.7 Å². The summed E-state index contributed by atoms with van der Waals surface area (Å²) in [5.74, 6) is 0.197. The smallest absolute Gasteiger partial charge is 0.173 e. The van der Waals surface area contributed by atoms with Gasteiger partial charge >= 0.3 is 0 Å². The molecule has 0 saturated heterocycles. The SMILES string of the molecule is N#CSCC(=O)c1ccc(-c2ccccc2)cc1. The van der Waals surface area contributed by atoms with Crippen molar-refractivity contribution in [2.45, 2.75) is 0 Å². The number of ketones is 1. The fraction of sp³-hybridized carbons (Fsp3) is 0.0667. The van der Waals surface area contributed by atoms with Crippen LogP contribution < -0.4 is 0 Å². The number of hydrogen-bond donors (Lipinski definition) is 0. The van der Waals surface area contributed by atoms with E-state index < -0.39 is 0 Å². The Balaban J connectivity index is 2.16. The number of nitriles is 1. The second-order valence-electron chi connectivity index (χ2n) is 3.75. The molecule has 0 bridgehead atoms. The van der Waals surface area contributed by atoms with Gasteiger partial charge in [0.1, 0.15) is 5.40 Å². The van der Waals surface area contributed by atoms with Crippen LogP contribution in [0.2, 0.25) is 0 Å². The lowest BCUT2D eigenvalue weighted by Crippen LogP contribution is -2.01. The fourth-order valence-electron chi connectivity index (χ4n) is 1.66. The molecule has 0 radical (unpaired) electrons. The molecule has 2 aromatic carbocycles. The van der Waals surface area contributed by atoms with Crippen LogP contribution in [-0.4, -0.2) is 11.5 Å². The van der Waals surface area contributed by atoms with Gasteiger partial charge in [-0.25, -0.2) is 0 Å². The minimum atomic E-state index is -0.0128. The molecule has 0 amide bonds. The fourth-order valence-corrected chi connectivity index (χ4v) is 2.02. The molecule has 2 aromatic rings. The van der Waals surface area contributed by atoms with Gasteiger partial charge in [-0.15, -0.1) is 0 Å². The monoisotopic (exact) mass is 253 g/mol. The van der Waals surface area contributed by atoms with Gasteiger partial charge in [0.15, 0.2) is 5.78 Å². The third kappa shape index (κ3) is 2.99. The highest BCUT2D eigenvalue weighted by Crippen LogP contribution is 2.19. The first-order valence-corrected chi connectivity index (χ1v) is 6.49. The van der Waals surface area contributed by atoms with Crippen molar-refractivity contribution in [2.24, 2.45) is 0 Å². The molecule has 0 unspecified atom stereocenters. The van der Waals surface area contributed by atoms with Gasteiger partial charge in [-0.3, -0.25) is 4.79 Å². The number of nitrogens with zero attached hydrogens (tertiary/aromatic N) is 1. The van der Waals surface area contributed by atoms with E-state index in [0.717, 1.165) is 22.9 Å². The molecular formula is C15H11NOS. The highest BCUT2D eigenvalue weighted by Gasteiger charge is 2.06. The Morgan fingerprint density at radius 3 is 2.22 bits per heavy atom. The van der Waals surface area contributed by atoms with Crippen LogP contribution in [0.1, 0.15) is 10.4 Å². The van der Waals surface area contributed by atoms with E-state index in [2.05, 4.69) is 0 Å². The molecular weight excluding hydrogens is 242 g/mol. The summed E-state index contributed by atoms with van der Waals surface area (Å²) in [7, 11) is 0. The Bertz CT molecular complexity index is 570. The van der Waals surface area contributed by atoms with Crippen LogP contribution in [-0.2, 0) is 0 Å². The normalized spacial score (nSPS) is 9.72. The van der Waals surface area contributed by atoms with Gasteiger partial charge in [-0.2, -0.15) is 5.26 Å². The maximum absolute atomic E-state index is 11.7. The number of Topliss-reactive ketones (excluding diaryl/α,β-unsaturated/α-hetero) is 1.